The fraction of sp³-hybridized carbons (Fsp3) is 0.406. The molecule has 1 aliphatic heterocycles. The molecule has 2 aromatic carbocycles. The monoisotopic (exact) mass is 569 g/mol. The normalized spacial score (nSPS) is 20.0. The number of likely N-dealkylation sites (N-methyl/N-ethyl adjacent to an activating group) is 1. The number of amides is 1. The smallest absolute Gasteiger partial charge is 0.412 e. The van der Waals surface area contributed by atoms with Crippen molar-refractivity contribution in [1.82, 2.24) is 24.3 Å². The number of fused-ring (bicyclic) bond motifs is 1. The molecule has 0 bridgehead atoms. The van der Waals surface area contributed by atoms with Gasteiger partial charge in [-0.05, 0) is 56.0 Å². The van der Waals surface area contributed by atoms with Crippen molar-refractivity contribution in [2.45, 2.75) is 44.4 Å². The molecule has 3 N–H and O–H groups in total. The third-order valence-corrected chi connectivity index (χ3v) is 8.71. The van der Waals surface area contributed by atoms with Crippen LogP contribution >= 0.6 is 0 Å². The van der Waals surface area contributed by atoms with Gasteiger partial charge in [0.1, 0.15) is 30.1 Å². The Labute approximate surface area is 246 Å². The van der Waals surface area contributed by atoms with Crippen molar-refractivity contribution in [3.05, 3.63) is 66.6 Å². The first kappa shape index (κ1) is 28.0. The highest BCUT2D eigenvalue weighted by Crippen LogP contribution is 2.40. The lowest BCUT2D eigenvalue weighted by Gasteiger charge is -2.41. The molecule has 2 fully saturated rings. The molecule has 1 amide bonds. The van der Waals surface area contributed by atoms with Gasteiger partial charge < -0.3 is 24.7 Å². The topological polar surface area (TPSA) is 111 Å². The summed E-state index contributed by atoms with van der Waals surface area (Å²) < 4.78 is 13.4. The first-order valence-electron chi connectivity index (χ1n) is 14.7. The van der Waals surface area contributed by atoms with E-state index in [1.165, 1.54) is 12.8 Å². The van der Waals surface area contributed by atoms with Crippen LogP contribution in [-0.4, -0.2) is 76.8 Å². The fourth-order valence-electron chi connectivity index (χ4n) is 6.33. The van der Waals surface area contributed by atoms with Crippen LogP contribution in [0.5, 0.6) is 5.75 Å². The number of nitrogens with zero attached hydrogens (tertiary/aromatic N) is 5. The third-order valence-electron chi connectivity index (χ3n) is 8.71. The van der Waals surface area contributed by atoms with Crippen LogP contribution in [0.4, 0.5) is 16.3 Å². The predicted octanol–water partition coefficient (Wildman–Crippen LogP) is 5.17. The van der Waals surface area contributed by atoms with Crippen LogP contribution in [-0.2, 0) is 11.3 Å². The Kier molecular flexibility index (Phi) is 8.25. The second kappa shape index (κ2) is 12.4. The molecule has 0 unspecified atom stereocenters. The summed E-state index contributed by atoms with van der Waals surface area (Å²) in [6.07, 6.45) is 7.71. The number of carbonyl (C=O) groups excluding carboxylic acids is 1. The predicted molar refractivity (Wildman–Crippen MR) is 165 cm³/mol. The molecule has 4 aromatic rings. The second-order valence-corrected chi connectivity index (χ2v) is 11.3. The van der Waals surface area contributed by atoms with Crippen molar-refractivity contribution >= 4 is 28.6 Å². The van der Waals surface area contributed by atoms with E-state index in [1.807, 2.05) is 48.5 Å². The minimum atomic E-state index is -0.550. The number of anilines is 2. The molecule has 1 saturated heterocycles. The van der Waals surface area contributed by atoms with Crippen LogP contribution in [0.15, 0.2) is 61.1 Å². The number of rotatable bonds is 7. The summed E-state index contributed by atoms with van der Waals surface area (Å²) >= 11 is 0. The summed E-state index contributed by atoms with van der Waals surface area (Å²) in [5.74, 6) is 0.971. The van der Waals surface area contributed by atoms with Gasteiger partial charge in [0.25, 0.3) is 0 Å². The number of hydrogen-bond acceptors (Lipinski definition) is 8. The third kappa shape index (κ3) is 5.91. The molecule has 1 saturated carbocycles. The van der Waals surface area contributed by atoms with Crippen LogP contribution < -0.4 is 15.8 Å². The van der Waals surface area contributed by atoms with Gasteiger partial charge in [0.15, 0.2) is 0 Å². The van der Waals surface area contributed by atoms with E-state index in [-0.39, 0.29) is 6.61 Å². The zero-order valence-corrected chi connectivity index (χ0v) is 24.3. The lowest BCUT2D eigenvalue weighted by Crippen LogP contribution is -2.49. The van der Waals surface area contributed by atoms with Crippen molar-refractivity contribution in [2.75, 3.05) is 51.4 Å². The van der Waals surface area contributed by atoms with E-state index in [4.69, 9.17) is 15.2 Å². The molecule has 220 valence electrons. The molecule has 0 atom stereocenters. The van der Waals surface area contributed by atoms with Gasteiger partial charge >= 0.3 is 6.09 Å². The first-order valence-corrected chi connectivity index (χ1v) is 14.7. The molecule has 2 aromatic heterocycles. The van der Waals surface area contributed by atoms with Crippen molar-refractivity contribution in [1.29, 1.82) is 0 Å². The standard InChI is InChI=1S/C32H39N7O3/c1-37-14-16-38(17-15-37)24-9-11-25(12-10-24)39-19-26(29-30(33)34-21-35-31(29)39)23-8-13-27(28(18-23)41-2)36-32(40)42-20-22-6-4-3-5-7-22/h3-8,13,18-19,21,24-25H,9-12,14-17,20H2,1-2H3,(H,36,40)(H2,33,34,35). The average molecular weight is 570 g/mol. The number of carbonyl (C=O) groups is 1. The maximum absolute atomic E-state index is 12.5. The fourth-order valence-corrected chi connectivity index (χ4v) is 6.33. The first-order chi connectivity index (χ1) is 20.5. The molecule has 0 radical (unpaired) electrons. The summed E-state index contributed by atoms with van der Waals surface area (Å²) in [4.78, 5) is 26.6. The maximum atomic E-state index is 12.5. The second-order valence-electron chi connectivity index (χ2n) is 11.3. The van der Waals surface area contributed by atoms with E-state index in [2.05, 4.69) is 42.9 Å². The van der Waals surface area contributed by atoms with E-state index in [0.29, 0.717) is 29.3 Å². The number of benzene rings is 2. The van der Waals surface area contributed by atoms with Gasteiger partial charge in [-0.2, -0.15) is 0 Å². The SMILES string of the molecule is COc1cc(-c2cn(C3CCC(N4CCN(C)CC4)CC3)c3ncnc(N)c23)ccc1NC(=O)OCc1ccccc1. The number of piperazine rings is 1. The van der Waals surface area contributed by atoms with Crippen LogP contribution in [0.3, 0.4) is 0 Å². The van der Waals surface area contributed by atoms with E-state index in [9.17, 15) is 4.79 Å². The summed E-state index contributed by atoms with van der Waals surface area (Å²) in [6, 6.07) is 16.2. The van der Waals surface area contributed by atoms with Crippen molar-refractivity contribution in [3.8, 4) is 16.9 Å². The van der Waals surface area contributed by atoms with Gasteiger partial charge in [0, 0.05) is 50.0 Å². The number of methoxy groups -OCH3 is 1. The molecule has 0 spiro atoms. The number of nitrogens with two attached hydrogens (primary N) is 1. The minimum Gasteiger partial charge on any atom is -0.495 e. The quantitative estimate of drug-likeness (QED) is 0.314. The van der Waals surface area contributed by atoms with Crippen LogP contribution in [0, 0.1) is 0 Å². The molecular formula is C32H39N7O3. The lowest BCUT2D eigenvalue weighted by molar-refractivity contribution is 0.0828. The Bertz CT molecular complexity index is 1520. The number of ether oxygens (including phenoxy) is 2. The molecule has 10 nitrogen and oxygen atoms in total. The van der Waals surface area contributed by atoms with E-state index >= 15 is 0 Å². The van der Waals surface area contributed by atoms with Crippen molar-refractivity contribution in [2.24, 2.45) is 0 Å². The van der Waals surface area contributed by atoms with Gasteiger partial charge in [-0.3, -0.25) is 10.2 Å². The van der Waals surface area contributed by atoms with Gasteiger partial charge in [-0.1, -0.05) is 36.4 Å². The molecule has 3 heterocycles. The minimum absolute atomic E-state index is 0.184. The van der Waals surface area contributed by atoms with Gasteiger partial charge in [-0.15, -0.1) is 0 Å². The van der Waals surface area contributed by atoms with E-state index in [1.54, 1.807) is 13.4 Å². The van der Waals surface area contributed by atoms with Crippen LogP contribution in [0.2, 0.25) is 0 Å². The Morgan fingerprint density at radius 1 is 1.00 bits per heavy atom. The van der Waals surface area contributed by atoms with Gasteiger partial charge in [0.2, 0.25) is 0 Å². The zero-order chi connectivity index (χ0) is 29.1. The number of nitrogens with one attached hydrogen (secondary N) is 1. The highest BCUT2D eigenvalue weighted by molar-refractivity contribution is 6.01. The Morgan fingerprint density at radius 2 is 1.74 bits per heavy atom. The molecular weight excluding hydrogens is 530 g/mol. The summed E-state index contributed by atoms with van der Waals surface area (Å²) in [5.41, 5.74) is 10.6. The number of nitrogen functional groups attached to an aromatic ring is 1. The molecule has 42 heavy (non-hydrogen) atoms. The Balaban J connectivity index is 1.21. The molecule has 6 rings (SSSR count). The largest absolute Gasteiger partial charge is 0.495 e. The Morgan fingerprint density at radius 3 is 2.48 bits per heavy atom. The highest BCUT2D eigenvalue weighted by atomic mass is 16.5. The molecule has 1 aliphatic carbocycles. The van der Waals surface area contributed by atoms with Crippen molar-refractivity contribution < 1.29 is 14.3 Å². The molecule has 10 heteroatoms. The molecule has 2 aliphatic rings. The zero-order valence-electron chi connectivity index (χ0n) is 24.3. The van der Waals surface area contributed by atoms with Gasteiger partial charge in [0.05, 0.1) is 18.2 Å². The Hall–Kier alpha value is -4.15. The lowest BCUT2D eigenvalue weighted by atomic mass is 9.89. The highest BCUT2D eigenvalue weighted by Gasteiger charge is 2.30. The van der Waals surface area contributed by atoms with E-state index < -0.39 is 6.09 Å². The van der Waals surface area contributed by atoms with Crippen molar-refractivity contribution in [3.63, 3.8) is 0 Å². The average Bonchev–Trinajstić information content (AvgIpc) is 3.42. The summed E-state index contributed by atoms with van der Waals surface area (Å²) in [6.45, 7) is 4.79. The van der Waals surface area contributed by atoms with Crippen LogP contribution in [0.1, 0.15) is 37.3 Å². The van der Waals surface area contributed by atoms with Crippen LogP contribution in [0.25, 0.3) is 22.2 Å². The van der Waals surface area contributed by atoms with Gasteiger partial charge in [-0.25, -0.2) is 14.8 Å². The number of hydrogen-bond donors (Lipinski definition) is 2. The summed E-state index contributed by atoms with van der Waals surface area (Å²) in [7, 11) is 3.79. The summed E-state index contributed by atoms with van der Waals surface area (Å²) in [5, 5.41) is 3.64. The number of aromatic nitrogens is 3. The maximum Gasteiger partial charge on any atom is 0.412 e. The van der Waals surface area contributed by atoms with E-state index in [0.717, 1.165) is 66.7 Å².